The molecule has 6 atom stereocenters. The highest BCUT2D eigenvalue weighted by Gasteiger charge is 2.39. The number of amides is 5. The van der Waals surface area contributed by atoms with Crippen LogP contribution in [-0.2, 0) is 35.2 Å². The van der Waals surface area contributed by atoms with Crippen molar-refractivity contribution in [3.05, 3.63) is 42.0 Å². The molecule has 49 heavy (non-hydrogen) atoms. The number of nitrogens with zero attached hydrogens (tertiary/aromatic N) is 1. The van der Waals surface area contributed by atoms with Gasteiger partial charge in [-0.05, 0) is 81.5 Å². The number of phenols is 1. The van der Waals surface area contributed by atoms with E-state index in [1.54, 1.807) is 24.3 Å². The van der Waals surface area contributed by atoms with E-state index in [2.05, 4.69) is 21.3 Å². The second-order valence-corrected chi connectivity index (χ2v) is 13.1. The second kappa shape index (κ2) is 18.9. The third kappa shape index (κ3) is 11.9. The Morgan fingerprint density at radius 3 is 2.29 bits per heavy atom. The fraction of sp³-hybridized carbons (Fsp3) is 0.588. The molecule has 0 unspecified atom stereocenters. The third-order valence-electron chi connectivity index (χ3n) is 8.63. The van der Waals surface area contributed by atoms with Crippen molar-refractivity contribution >= 4 is 35.5 Å². The van der Waals surface area contributed by atoms with Gasteiger partial charge in [0.15, 0.2) is 0 Å². The number of aliphatic carboxylic acids is 1. The molecule has 1 aromatic carbocycles. The number of nitrogens with one attached hydrogen (secondary N) is 4. The van der Waals surface area contributed by atoms with E-state index in [0.29, 0.717) is 44.2 Å². The Hall–Kier alpha value is -4.50. The Morgan fingerprint density at radius 2 is 1.63 bits per heavy atom. The SMILES string of the molecule is CC(C)C[C@H](NC(=O)[C@H]1CC=CC[C@H](N)C(=O)N[C@@H](CCCCN)C(=O)N2CCC[C@H]2C(=O)N[C@@H](Cc2ccc(O)cc2)C(=O)N1)C(=O)O. The lowest BCUT2D eigenvalue weighted by atomic mass is 10.0. The van der Waals surface area contributed by atoms with Gasteiger partial charge in [-0.25, -0.2) is 4.79 Å². The number of carbonyl (C=O) groups excluding carboxylic acids is 5. The highest BCUT2D eigenvalue weighted by molar-refractivity contribution is 5.96. The van der Waals surface area contributed by atoms with Crippen LogP contribution >= 0.6 is 0 Å². The first-order valence-electron chi connectivity index (χ1n) is 16.9. The minimum absolute atomic E-state index is 0.0111. The second-order valence-electron chi connectivity index (χ2n) is 13.1. The summed E-state index contributed by atoms with van der Waals surface area (Å²) in [6.07, 6.45) is 5.60. The summed E-state index contributed by atoms with van der Waals surface area (Å²) in [6.45, 7) is 4.32. The number of nitrogens with two attached hydrogens (primary N) is 2. The molecule has 3 rings (SSSR count). The maximum Gasteiger partial charge on any atom is 0.326 e. The van der Waals surface area contributed by atoms with Crippen molar-refractivity contribution in [3.63, 3.8) is 0 Å². The third-order valence-corrected chi connectivity index (χ3v) is 8.63. The van der Waals surface area contributed by atoms with Crippen LogP contribution in [0.15, 0.2) is 36.4 Å². The molecular weight excluding hydrogens is 634 g/mol. The fourth-order valence-corrected chi connectivity index (χ4v) is 5.93. The van der Waals surface area contributed by atoms with Gasteiger partial charge in [0.1, 0.15) is 36.0 Å². The minimum atomic E-state index is -1.24. The lowest BCUT2D eigenvalue weighted by molar-refractivity contribution is -0.143. The Labute approximate surface area is 286 Å². The summed E-state index contributed by atoms with van der Waals surface area (Å²) >= 11 is 0. The van der Waals surface area contributed by atoms with Gasteiger partial charge < -0.3 is 47.8 Å². The van der Waals surface area contributed by atoms with Gasteiger partial charge >= 0.3 is 5.97 Å². The summed E-state index contributed by atoms with van der Waals surface area (Å²) in [4.78, 5) is 81.4. The van der Waals surface area contributed by atoms with Crippen LogP contribution in [0.4, 0.5) is 0 Å². The van der Waals surface area contributed by atoms with Gasteiger partial charge in [-0.15, -0.1) is 0 Å². The number of aromatic hydroxyl groups is 1. The topological polar surface area (TPSA) is 246 Å². The van der Waals surface area contributed by atoms with Gasteiger partial charge in [0.25, 0.3) is 0 Å². The molecule has 10 N–H and O–H groups in total. The zero-order valence-electron chi connectivity index (χ0n) is 28.2. The maximum atomic E-state index is 13.9. The number of benzene rings is 1. The summed E-state index contributed by atoms with van der Waals surface area (Å²) in [6, 6.07) is -0.470. The van der Waals surface area contributed by atoms with E-state index in [0.717, 1.165) is 0 Å². The number of carboxylic acids is 1. The summed E-state index contributed by atoms with van der Waals surface area (Å²) in [5.41, 5.74) is 12.4. The highest BCUT2D eigenvalue weighted by atomic mass is 16.4. The molecule has 0 radical (unpaired) electrons. The van der Waals surface area contributed by atoms with Gasteiger partial charge in [-0.2, -0.15) is 0 Å². The van der Waals surface area contributed by atoms with Crippen LogP contribution in [0, 0.1) is 5.92 Å². The zero-order chi connectivity index (χ0) is 36.1. The van der Waals surface area contributed by atoms with Crippen LogP contribution < -0.4 is 32.7 Å². The van der Waals surface area contributed by atoms with Crippen molar-refractivity contribution in [1.82, 2.24) is 26.2 Å². The maximum absolute atomic E-state index is 13.9. The molecule has 2 aliphatic heterocycles. The molecule has 270 valence electrons. The molecule has 1 saturated heterocycles. The summed E-state index contributed by atoms with van der Waals surface area (Å²) < 4.78 is 0. The van der Waals surface area contributed by atoms with Crippen LogP contribution in [0.25, 0.3) is 0 Å². The lowest BCUT2D eigenvalue weighted by Gasteiger charge is -2.30. The summed E-state index contributed by atoms with van der Waals surface area (Å²) in [7, 11) is 0. The van der Waals surface area contributed by atoms with Crippen LogP contribution in [0.1, 0.15) is 70.8 Å². The number of hydrogen-bond donors (Lipinski definition) is 8. The average molecular weight is 686 g/mol. The number of fused-ring (bicyclic) bond motifs is 1. The largest absolute Gasteiger partial charge is 0.508 e. The van der Waals surface area contributed by atoms with E-state index in [-0.39, 0.29) is 43.9 Å². The standard InChI is InChI=1S/C34H51N7O8/c1-20(2)18-27(34(48)49)40-30(44)24-9-4-3-8-23(36)29(43)38-25(10-5-6-16-35)33(47)41-17-7-11-28(41)32(46)39-26(31(45)37-24)19-21-12-14-22(42)15-13-21/h3-4,12-15,20,23-28,42H,5-11,16-19,35-36H2,1-2H3,(H,37,45)(H,38,43)(H,39,46)(H,40,44)(H,48,49)/t23-,24+,25-,26-,27-,28-/m0/s1. The monoisotopic (exact) mass is 685 g/mol. The van der Waals surface area contributed by atoms with E-state index in [4.69, 9.17) is 11.5 Å². The molecule has 15 nitrogen and oxygen atoms in total. The van der Waals surface area contributed by atoms with Crippen LogP contribution in [0.5, 0.6) is 5.75 Å². The fourth-order valence-electron chi connectivity index (χ4n) is 5.93. The van der Waals surface area contributed by atoms with E-state index in [1.165, 1.54) is 17.0 Å². The Kier molecular flexibility index (Phi) is 15.0. The van der Waals surface area contributed by atoms with Crippen LogP contribution in [0.3, 0.4) is 0 Å². The smallest absolute Gasteiger partial charge is 0.326 e. The van der Waals surface area contributed by atoms with Crippen molar-refractivity contribution in [2.75, 3.05) is 13.1 Å². The molecule has 5 amide bonds. The quantitative estimate of drug-likeness (QED) is 0.113. The number of hydrogen-bond acceptors (Lipinski definition) is 9. The van der Waals surface area contributed by atoms with E-state index in [1.807, 2.05) is 13.8 Å². The van der Waals surface area contributed by atoms with Gasteiger partial charge in [0.05, 0.1) is 6.04 Å². The normalized spacial score (nSPS) is 24.8. The molecule has 0 aromatic heterocycles. The molecule has 0 bridgehead atoms. The highest BCUT2D eigenvalue weighted by Crippen LogP contribution is 2.21. The van der Waals surface area contributed by atoms with Gasteiger partial charge in [-0.1, -0.05) is 38.1 Å². The molecule has 15 heteroatoms. The number of rotatable bonds is 11. The lowest BCUT2D eigenvalue weighted by Crippen LogP contribution is -2.59. The van der Waals surface area contributed by atoms with Crippen LogP contribution in [-0.4, -0.2) is 100.0 Å². The molecule has 0 saturated carbocycles. The number of carboxylic acid groups (broad SMARTS) is 1. The molecule has 1 aromatic rings. The molecule has 2 heterocycles. The van der Waals surface area contributed by atoms with Crippen LogP contribution in [0.2, 0.25) is 0 Å². The Balaban J connectivity index is 1.99. The first-order valence-corrected chi connectivity index (χ1v) is 16.9. The minimum Gasteiger partial charge on any atom is -0.508 e. The number of carbonyl (C=O) groups is 6. The Morgan fingerprint density at radius 1 is 0.959 bits per heavy atom. The predicted octanol–water partition coefficient (Wildman–Crippen LogP) is -0.198. The van der Waals surface area contributed by atoms with Crippen molar-refractivity contribution in [2.24, 2.45) is 17.4 Å². The summed E-state index contributed by atoms with van der Waals surface area (Å²) in [5, 5.41) is 30.2. The predicted molar refractivity (Wildman–Crippen MR) is 181 cm³/mol. The van der Waals surface area contributed by atoms with Gasteiger partial charge in [0, 0.05) is 13.0 Å². The van der Waals surface area contributed by atoms with E-state index >= 15 is 0 Å². The first-order chi connectivity index (χ1) is 23.3. The first kappa shape index (κ1) is 38.9. The molecular formula is C34H51N7O8. The zero-order valence-corrected chi connectivity index (χ0v) is 28.2. The van der Waals surface area contributed by atoms with E-state index in [9.17, 15) is 39.0 Å². The van der Waals surface area contributed by atoms with Gasteiger partial charge in [0.2, 0.25) is 29.5 Å². The summed E-state index contributed by atoms with van der Waals surface area (Å²) in [5.74, 6) is -4.28. The van der Waals surface area contributed by atoms with E-state index < -0.39 is 71.8 Å². The van der Waals surface area contributed by atoms with Crippen molar-refractivity contribution in [1.29, 1.82) is 0 Å². The Bertz CT molecular complexity index is 1350. The molecule has 0 aliphatic carbocycles. The van der Waals surface area contributed by atoms with Crippen molar-refractivity contribution in [3.8, 4) is 5.75 Å². The number of phenolic OH excluding ortho intramolecular Hbond substituents is 1. The molecule has 1 fully saturated rings. The number of unbranched alkanes of at least 4 members (excludes halogenated alkanes) is 1. The molecule has 0 spiro atoms. The van der Waals surface area contributed by atoms with Crippen molar-refractivity contribution < 1.29 is 39.0 Å². The molecule has 2 aliphatic rings. The van der Waals surface area contributed by atoms with Crippen molar-refractivity contribution in [2.45, 2.75) is 108 Å². The van der Waals surface area contributed by atoms with Gasteiger partial charge in [-0.3, -0.25) is 24.0 Å². The average Bonchev–Trinajstić information content (AvgIpc) is 3.55.